The highest BCUT2D eigenvalue weighted by molar-refractivity contribution is 7.12. The first-order valence-electron chi connectivity index (χ1n) is 8.55. The number of carbonyl (C=O) groups excluding carboxylic acids is 1. The number of hydrogen-bond acceptors (Lipinski definition) is 7. The summed E-state index contributed by atoms with van der Waals surface area (Å²) in [5.41, 5.74) is 2.41. The fourth-order valence-electron chi connectivity index (χ4n) is 3.18. The van der Waals surface area contributed by atoms with E-state index in [1.165, 1.54) is 16.2 Å². The van der Waals surface area contributed by atoms with Crippen LogP contribution >= 0.6 is 22.9 Å². The molecule has 0 radical (unpaired) electrons. The minimum Gasteiger partial charge on any atom is -0.454 e. The predicted molar refractivity (Wildman–Crippen MR) is 105 cm³/mol. The largest absolute Gasteiger partial charge is 0.454 e. The van der Waals surface area contributed by atoms with Crippen molar-refractivity contribution < 1.29 is 23.9 Å². The van der Waals surface area contributed by atoms with E-state index in [0.29, 0.717) is 45.3 Å². The van der Waals surface area contributed by atoms with Gasteiger partial charge in [-0.15, -0.1) is 11.3 Å². The highest BCUT2D eigenvalue weighted by atomic mass is 35.5. The number of amides is 1. The van der Waals surface area contributed by atoms with Crippen LogP contribution in [-0.2, 0) is 6.42 Å². The molecule has 1 aliphatic rings. The molecule has 0 atom stereocenters. The van der Waals surface area contributed by atoms with Crippen LogP contribution in [0.3, 0.4) is 0 Å². The van der Waals surface area contributed by atoms with Crippen LogP contribution in [0.25, 0.3) is 0 Å². The first-order chi connectivity index (χ1) is 13.5. The summed E-state index contributed by atoms with van der Waals surface area (Å²) in [7, 11) is 0. The Labute approximate surface area is 170 Å². The van der Waals surface area contributed by atoms with E-state index in [1.807, 2.05) is 12.3 Å². The molecule has 1 amide bonds. The SMILES string of the molecule is Cc1noc(N(C(=O)c2cccs2)c2c(CCO)cc3c(c2C)OCO3)c1Cl. The van der Waals surface area contributed by atoms with Gasteiger partial charge in [0.25, 0.3) is 11.8 Å². The van der Waals surface area contributed by atoms with Crippen LogP contribution in [-0.4, -0.2) is 29.6 Å². The molecule has 1 aromatic carbocycles. The number of aryl methyl sites for hydroxylation is 1. The highest BCUT2D eigenvalue weighted by Crippen LogP contribution is 2.47. The third-order valence-electron chi connectivity index (χ3n) is 4.46. The van der Waals surface area contributed by atoms with Crippen molar-refractivity contribution in [1.29, 1.82) is 0 Å². The van der Waals surface area contributed by atoms with Gasteiger partial charge < -0.3 is 19.1 Å². The molecular weight excluding hydrogens is 404 g/mol. The van der Waals surface area contributed by atoms with Crippen LogP contribution in [0.1, 0.15) is 26.5 Å². The number of aliphatic hydroxyl groups is 1. The molecule has 2 aromatic heterocycles. The van der Waals surface area contributed by atoms with E-state index in [4.69, 9.17) is 25.6 Å². The summed E-state index contributed by atoms with van der Waals surface area (Å²) in [5, 5.41) is 15.5. The Kier molecular flexibility index (Phi) is 5.01. The zero-order valence-electron chi connectivity index (χ0n) is 15.2. The smallest absolute Gasteiger partial charge is 0.275 e. The zero-order valence-corrected chi connectivity index (χ0v) is 16.8. The molecule has 3 heterocycles. The van der Waals surface area contributed by atoms with Crippen LogP contribution in [0.2, 0.25) is 5.02 Å². The number of anilines is 2. The number of thiophene rings is 1. The molecule has 0 unspecified atom stereocenters. The number of aliphatic hydroxyl groups excluding tert-OH is 1. The van der Waals surface area contributed by atoms with Gasteiger partial charge in [0.05, 0.1) is 10.6 Å². The van der Waals surface area contributed by atoms with Crippen molar-refractivity contribution in [1.82, 2.24) is 5.16 Å². The van der Waals surface area contributed by atoms with E-state index in [2.05, 4.69) is 5.16 Å². The number of rotatable bonds is 5. The van der Waals surface area contributed by atoms with E-state index < -0.39 is 0 Å². The number of aromatic nitrogens is 1. The third kappa shape index (κ3) is 3.03. The van der Waals surface area contributed by atoms with Gasteiger partial charge in [0.1, 0.15) is 10.7 Å². The Morgan fingerprint density at radius 3 is 2.86 bits per heavy atom. The van der Waals surface area contributed by atoms with Gasteiger partial charge in [0, 0.05) is 12.2 Å². The first-order valence-corrected chi connectivity index (χ1v) is 9.81. The van der Waals surface area contributed by atoms with Gasteiger partial charge in [0.2, 0.25) is 6.79 Å². The summed E-state index contributed by atoms with van der Waals surface area (Å²) in [5.74, 6) is 0.939. The quantitative estimate of drug-likeness (QED) is 0.664. The molecule has 1 aliphatic heterocycles. The van der Waals surface area contributed by atoms with Crippen LogP contribution in [0, 0.1) is 13.8 Å². The van der Waals surface area contributed by atoms with Gasteiger partial charge in [0.15, 0.2) is 11.5 Å². The van der Waals surface area contributed by atoms with E-state index in [1.54, 1.807) is 25.1 Å². The van der Waals surface area contributed by atoms with Gasteiger partial charge >= 0.3 is 0 Å². The van der Waals surface area contributed by atoms with Gasteiger partial charge in [-0.05, 0) is 43.3 Å². The standard InChI is InChI=1S/C19H17ClN2O5S/c1-10-16(12(5-6-23)8-13-17(10)26-9-25-13)22(18(24)14-4-3-7-28-14)19-15(20)11(2)21-27-19/h3-4,7-8,23H,5-6,9H2,1-2H3. The monoisotopic (exact) mass is 420 g/mol. The van der Waals surface area contributed by atoms with Crippen molar-refractivity contribution in [2.24, 2.45) is 0 Å². The van der Waals surface area contributed by atoms with Crippen LogP contribution in [0.15, 0.2) is 28.1 Å². The second kappa shape index (κ2) is 7.46. The summed E-state index contributed by atoms with van der Waals surface area (Å²) >= 11 is 7.72. The number of carbonyl (C=O) groups is 1. The Balaban J connectivity index is 1.97. The molecule has 7 nitrogen and oxygen atoms in total. The van der Waals surface area contributed by atoms with Crippen molar-refractivity contribution in [3.63, 3.8) is 0 Å². The summed E-state index contributed by atoms with van der Waals surface area (Å²) < 4.78 is 16.5. The normalized spacial score (nSPS) is 12.4. The molecular formula is C19H17ClN2O5S. The molecule has 0 saturated heterocycles. The predicted octanol–water partition coefficient (Wildman–Crippen LogP) is 4.25. The Bertz CT molecular complexity index is 1030. The van der Waals surface area contributed by atoms with Gasteiger partial charge in [-0.2, -0.15) is 0 Å². The molecule has 3 aromatic rings. The topological polar surface area (TPSA) is 85.0 Å². The average Bonchev–Trinajstić information content (AvgIpc) is 3.42. The van der Waals surface area contributed by atoms with E-state index >= 15 is 0 Å². The number of fused-ring (bicyclic) bond motifs is 1. The maximum Gasteiger partial charge on any atom is 0.275 e. The van der Waals surface area contributed by atoms with E-state index in [-0.39, 0.29) is 30.2 Å². The lowest BCUT2D eigenvalue weighted by molar-refractivity contribution is 0.0997. The Morgan fingerprint density at radius 1 is 1.39 bits per heavy atom. The minimum absolute atomic E-state index is 0.0965. The number of nitrogens with zero attached hydrogens (tertiary/aromatic N) is 2. The first kappa shape index (κ1) is 18.8. The lowest BCUT2D eigenvalue weighted by Crippen LogP contribution is -2.27. The molecule has 0 spiro atoms. The maximum absolute atomic E-state index is 13.4. The summed E-state index contributed by atoms with van der Waals surface area (Å²) in [6.07, 6.45) is 0.311. The summed E-state index contributed by atoms with van der Waals surface area (Å²) in [4.78, 5) is 15.3. The van der Waals surface area contributed by atoms with Gasteiger partial charge in [-0.1, -0.05) is 22.8 Å². The van der Waals surface area contributed by atoms with Crippen molar-refractivity contribution in [3.8, 4) is 11.5 Å². The van der Waals surface area contributed by atoms with E-state index in [9.17, 15) is 9.90 Å². The van der Waals surface area contributed by atoms with Crippen molar-refractivity contribution >= 4 is 40.4 Å². The van der Waals surface area contributed by atoms with Crippen molar-refractivity contribution in [2.45, 2.75) is 20.3 Å². The molecule has 1 N–H and O–H groups in total. The van der Waals surface area contributed by atoms with Crippen molar-refractivity contribution in [3.05, 3.63) is 50.3 Å². The maximum atomic E-state index is 13.4. The summed E-state index contributed by atoms with van der Waals surface area (Å²) in [6.45, 7) is 3.52. The second-order valence-electron chi connectivity index (χ2n) is 6.22. The number of ether oxygens (including phenoxy) is 2. The Morgan fingerprint density at radius 2 is 2.21 bits per heavy atom. The molecule has 0 aliphatic carbocycles. The molecule has 0 bridgehead atoms. The van der Waals surface area contributed by atoms with Crippen LogP contribution in [0.5, 0.6) is 11.5 Å². The molecule has 146 valence electrons. The lowest BCUT2D eigenvalue weighted by atomic mass is 10.0. The molecule has 28 heavy (non-hydrogen) atoms. The second-order valence-corrected chi connectivity index (χ2v) is 7.55. The van der Waals surface area contributed by atoms with Crippen LogP contribution in [0.4, 0.5) is 11.6 Å². The minimum atomic E-state index is -0.311. The highest BCUT2D eigenvalue weighted by Gasteiger charge is 2.33. The fraction of sp³-hybridized carbons (Fsp3) is 0.263. The third-order valence-corrected chi connectivity index (χ3v) is 5.76. The average molecular weight is 421 g/mol. The number of halogens is 1. The van der Waals surface area contributed by atoms with Gasteiger partial charge in [-0.3, -0.25) is 4.79 Å². The molecule has 4 rings (SSSR count). The number of benzene rings is 1. The molecule has 0 fully saturated rings. The molecule has 0 saturated carbocycles. The van der Waals surface area contributed by atoms with Crippen LogP contribution < -0.4 is 14.4 Å². The fourth-order valence-corrected chi connectivity index (χ4v) is 3.98. The number of hydrogen-bond donors (Lipinski definition) is 1. The summed E-state index contributed by atoms with van der Waals surface area (Å²) in [6, 6.07) is 5.29. The van der Waals surface area contributed by atoms with E-state index in [0.717, 1.165) is 0 Å². The lowest BCUT2D eigenvalue weighted by Gasteiger charge is -2.25. The van der Waals surface area contributed by atoms with Crippen molar-refractivity contribution in [2.75, 3.05) is 18.3 Å². The zero-order chi connectivity index (χ0) is 19.8. The molecule has 9 heteroatoms. The van der Waals surface area contributed by atoms with Gasteiger partial charge in [-0.25, -0.2) is 4.90 Å². The Hall–Kier alpha value is -2.55.